The molecule has 0 saturated carbocycles. The van der Waals surface area contributed by atoms with Crippen molar-refractivity contribution in [2.75, 3.05) is 13.7 Å². The molecule has 7 heteroatoms. The number of carbonyl (C=O) groups excluding carboxylic acids is 1. The molecule has 3 N–H and O–H groups in total. The van der Waals surface area contributed by atoms with Crippen LogP contribution in [0.25, 0.3) is 0 Å². The molecule has 26 heavy (non-hydrogen) atoms. The predicted octanol–water partition coefficient (Wildman–Crippen LogP) is 3.06. The summed E-state index contributed by atoms with van der Waals surface area (Å²) in [4.78, 5) is 11.7. The van der Waals surface area contributed by atoms with Crippen LogP contribution in [0.5, 0.6) is 5.75 Å². The minimum atomic E-state index is -1.19. The van der Waals surface area contributed by atoms with E-state index in [1.54, 1.807) is 12.1 Å². The fourth-order valence-corrected chi connectivity index (χ4v) is 2.58. The number of carbonyl (C=O) groups is 1. The second kappa shape index (κ2) is 10.0. The summed E-state index contributed by atoms with van der Waals surface area (Å²) in [6.07, 6.45) is -2.74. The number of benzene rings is 2. The highest BCUT2D eigenvalue weighted by molar-refractivity contribution is 6.30. The maximum Gasteiger partial charge on any atom is 0.407 e. The van der Waals surface area contributed by atoms with Crippen molar-refractivity contribution in [1.82, 2.24) is 5.32 Å². The van der Waals surface area contributed by atoms with Crippen LogP contribution in [-0.2, 0) is 11.3 Å². The van der Waals surface area contributed by atoms with Gasteiger partial charge in [0, 0.05) is 17.1 Å². The van der Waals surface area contributed by atoms with Crippen LogP contribution in [0.4, 0.5) is 4.79 Å². The van der Waals surface area contributed by atoms with Crippen LogP contribution in [0.15, 0.2) is 48.5 Å². The molecule has 0 aliphatic carbocycles. The average molecular weight is 380 g/mol. The summed E-state index contributed by atoms with van der Waals surface area (Å²) in [5.74, 6) is 0.427. The Morgan fingerprint density at radius 3 is 2.62 bits per heavy atom. The number of methoxy groups -OCH3 is 1. The number of aliphatic hydroxyl groups excluding tert-OH is 2. The first-order valence-electron chi connectivity index (χ1n) is 8.15. The molecule has 0 radical (unpaired) electrons. The number of hydrogen-bond acceptors (Lipinski definition) is 5. The Bertz CT molecular complexity index is 710. The summed E-state index contributed by atoms with van der Waals surface area (Å²) in [5.41, 5.74) is 1.27. The zero-order valence-corrected chi connectivity index (χ0v) is 15.1. The van der Waals surface area contributed by atoms with Crippen molar-refractivity contribution >= 4 is 17.7 Å². The smallest absolute Gasteiger partial charge is 0.407 e. The molecule has 0 heterocycles. The minimum Gasteiger partial charge on any atom is -0.496 e. The predicted molar refractivity (Wildman–Crippen MR) is 98.2 cm³/mol. The van der Waals surface area contributed by atoms with Gasteiger partial charge in [-0.1, -0.05) is 41.9 Å². The first-order valence-corrected chi connectivity index (χ1v) is 8.53. The second-order valence-electron chi connectivity index (χ2n) is 5.68. The third kappa shape index (κ3) is 5.91. The number of ether oxygens (including phenoxy) is 2. The van der Waals surface area contributed by atoms with Gasteiger partial charge >= 0.3 is 6.09 Å². The molecule has 0 aliphatic rings. The first kappa shape index (κ1) is 20.0. The Hall–Kier alpha value is -2.28. The molecular weight excluding hydrogens is 358 g/mol. The van der Waals surface area contributed by atoms with Crippen molar-refractivity contribution in [3.8, 4) is 5.75 Å². The van der Waals surface area contributed by atoms with E-state index in [9.17, 15) is 15.0 Å². The van der Waals surface area contributed by atoms with Gasteiger partial charge in [0.25, 0.3) is 0 Å². The molecule has 0 aromatic heterocycles. The highest BCUT2D eigenvalue weighted by Gasteiger charge is 2.22. The number of hydrogen-bond donors (Lipinski definition) is 3. The van der Waals surface area contributed by atoms with Crippen molar-refractivity contribution in [2.24, 2.45) is 0 Å². The molecule has 0 fully saturated rings. The van der Waals surface area contributed by atoms with E-state index < -0.39 is 18.3 Å². The molecule has 0 bridgehead atoms. The number of nitrogens with one attached hydrogen (secondary N) is 1. The Kier molecular flexibility index (Phi) is 7.72. The van der Waals surface area contributed by atoms with Gasteiger partial charge in [0.1, 0.15) is 18.5 Å². The Morgan fingerprint density at radius 1 is 1.19 bits per heavy atom. The number of alkyl carbamates (subject to hydrolysis) is 1. The largest absolute Gasteiger partial charge is 0.496 e. The van der Waals surface area contributed by atoms with E-state index in [0.717, 1.165) is 5.56 Å². The lowest BCUT2D eigenvalue weighted by molar-refractivity contribution is 0.0123. The Balaban J connectivity index is 1.78. The molecule has 0 saturated heterocycles. The van der Waals surface area contributed by atoms with Crippen LogP contribution in [0, 0.1) is 0 Å². The van der Waals surface area contributed by atoms with Crippen LogP contribution in [0.1, 0.15) is 23.7 Å². The van der Waals surface area contributed by atoms with Crippen molar-refractivity contribution in [3.05, 3.63) is 64.7 Å². The van der Waals surface area contributed by atoms with Crippen molar-refractivity contribution in [1.29, 1.82) is 0 Å². The normalized spacial score (nSPS) is 12.9. The van der Waals surface area contributed by atoms with Crippen LogP contribution in [0.3, 0.4) is 0 Å². The highest BCUT2D eigenvalue weighted by Crippen LogP contribution is 2.30. The topological polar surface area (TPSA) is 88.0 Å². The fourth-order valence-electron chi connectivity index (χ4n) is 2.40. The molecule has 1 amide bonds. The minimum absolute atomic E-state index is 0.136. The van der Waals surface area contributed by atoms with E-state index in [2.05, 4.69) is 5.32 Å². The summed E-state index contributed by atoms with van der Waals surface area (Å²) in [5, 5.41) is 23.4. The van der Waals surface area contributed by atoms with E-state index in [0.29, 0.717) is 16.3 Å². The van der Waals surface area contributed by atoms with Gasteiger partial charge in [-0.3, -0.25) is 0 Å². The van der Waals surface area contributed by atoms with Crippen molar-refractivity contribution in [2.45, 2.75) is 25.2 Å². The third-order valence-corrected chi connectivity index (χ3v) is 4.03. The van der Waals surface area contributed by atoms with Gasteiger partial charge in [-0.25, -0.2) is 4.79 Å². The van der Waals surface area contributed by atoms with Gasteiger partial charge in [0.05, 0.1) is 13.2 Å². The molecule has 2 aromatic rings. The van der Waals surface area contributed by atoms with Crippen LogP contribution in [0.2, 0.25) is 5.02 Å². The second-order valence-corrected chi connectivity index (χ2v) is 6.11. The number of amides is 1. The van der Waals surface area contributed by atoms with E-state index >= 15 is 0 Å². The number of aliphatic hydroxyl groups is 2. The molecule has 0 aliphatic heterocycles. The van der Waals surface area contributed by atoms with Gasteiger partial charge < -0.3 is 25.0 Å². The van der Waals surface area contributed by atoms with Crippen LogP contribution >= 0.6 is 11.6 Å². The molecular formula is C19H22ClNO5. The van der Waals surface area contributed by atoms with Gasteiger partial charge in [-0.15, -0.1) is 0 Å². The zero-order valence-electron chi connectivity index (χ0n) is 14.4. The van der Waals surface area contributed by atoms with E-state index in [4.69, 9.17) is 21.1 Å². The molecule has 0 spiro atoms. The monoisotopic (exact) mass is 379 g/mol. The van der Waals surface area contributed by atoms with Crippen molar-refractivity contribution < 1.29 is 24.5 Å². The van der Waals surface area contributed by atoms with Gasteiger partial charge in [0.15, 0.2) is 0 Å². The summed E-state index contributed by atoms with van der Waals surface area (Å²) in [6.45, 7) is 0.312. The summed E-state index contributed by atoms with van der Waals surface area (Å²) >= 11 is 5.93. The lowest BCUT2D eigenvalue weighted by atomic mass is 10.0. The lowest BCUT2D eigenvalue weighted by Gasteiger charge is -2.20. The standard InChI is InChI=1S/C19H22ClNO5/c1-25-17-8-7-14(20)11-15(17)18(23)16(22)9-10-21-19(24)26-12-13-5-3-2-4-6-13/h2-8,11,16,18,22-23H,9-10,12H2,1H3,(H,21,24). The summed E-state index contributed by atoms with van der Waals surface area (Å²) in [6, 6.07) is 14.1. The maximum atomic E-state index is 11.7. The zero-order chi connectivity index (χ0) is 18.9. The molecule has 140 valence electrons. The van der Waals surface area contributed by atoms with Gasteiger partial charge in [-0.05, 0) is 30.2 Å². The molecule has 2 rings (SSSR count). The molecule has 2 aromatic carbocycles. The Morgan fingerprint density at radius 2 is 1.92 bits per heavy atom. The summed E-state index contributed by atoms with van der Waals surface area (Å²) in [7, 11) is 1.47. The molecule has 2 atom stereocenters. The molecule has 2 unspecified atom stereocenters. The van der Waals surface area contributed by atoms with E-state index in [1.807, 2.05) is 30.3 Å². The average Bonchev–Trinajstić information content (AvgIpc) is 2.66. The fraction of sp³-hybridized carbons (Fsp3) is 0.316. The Labute approximate surface area is 157 Å². The maximum absolute atomic E-state index is 11.7. The first-order chi connectivity index (χ1) is 12.5. The van der Waals surface area contributed by atoms with Gasteiger partial charge in [-0.2, -0.15) is 0 Å². The lowest BCUT2D eigenvalue weighted by Crippen LogP contribution is -2.29. The number of rotatable bonds is 8. The van der Waals surface area contributed by atoms with Crippen LogP contribution in [-0.4, -0.2) is 36.1 Å². The van der Waals surface area contributed by atoms with Crippen LogP contribution < -0.4 is 10.1 Å². The highest BCUT2D eigenvalue weighted by atomic mass is 35.5. The molecule has 6 nitrogen and oxygen atoms in total. The van der Waals surface area contributed by atoms with E-state index in [1.165, 1.54) is 13.2 Å². The van der Waals surface area contributed by atoms with E-state index in [-0.39, 0.29) is 19.6 Å². The number of halogens is 1. The third-order valence-electron chi connectivity index (χ3n) is 3.80. The quantitative estimate of drug-likeness (QED) is 0.656. The van der Waals surface area contributed by atoms with Gasteiger partial charge in [0.2, 0.25) is 0 Å². The SMILES string of the molecule is COc1ccc(Cl)cc1C(O)C(O)CCNC(=O)OCc1ccccc1. The summed E-state index contributed by atoms with van der Waals surface area (Å²) < 4.78 is 10.2. The van der Waals surface area contributed by atoms with Crippen molar-refractivity contribution in [3.63, 3.8) is 0 Å².